The number of benzene rings is 1. The minimum atomic E-state index is -0.460. The molecule has 0 saturated carbocycles. The van der Waals surface area contributed by atoms with E-state index >= 15 is 0 Å². The number of alkyl halides is 1. The molecule has 1 aromatic heterocycles. The van der Waals surface area contributed by atoms with E-state index in [0.717, 1.165) is 0 Å². The van der Waals surface area contributed by atoms with Crippen LogP contribution in [0.25, 0.3) is 10.9 Å². The molecule has 94 valence electrons. The molecule has 1 atom stereocenters. The van der Waals surface area contributed by atoms with Crippen molar-refractivity contribution in [2.75, 3.05) is 0 Å². The fraction of sp³-hybridized carbons (Fsp3) is 0.250. The summed E-state index contributed by atoms with van der Waals surface area (Å²) in [4.78, 5) is 25.1. The zero-order valence-corrected chi connectivity index (χ0v) is 11.2. The van der Waals surface area contributed by atoms with Crippen molar-refractivity contribution in [3.05, 3.63) is 40.1 Å². The van der Waals surface area contributed by atoms with Crippen LogP contribution in [0.5, 0.6) is 0 Å². The van der Waals surface area contributed by atoms with Crippen molar-refractivity contribution >= 4 is 38.3 Å². The number of carbonyl (C=O) groups is 1. The second-order valence-electron chi connectivity index (χ2n) is 3.90. The van der Waals surface area contributed by atoms with Crippen LogP contribution < -0.4 is 0 Å². The number of halogens is 1. The SMILES string of the molecule is CCC(Br)C(=O)c1c[nH]c2c([N+](=O)[O-])cccc12. The summed E-state index contributed by atoms with van der Waals surface area (Å²) in [6.45, 7) is 1.90. The number of carbonyl (C=O) groups excluding carboxylic acids is 1. The lowest BCUT2D eigenvalue weighted by molar-refractivity contribution is -0.383. The standard InChI is InChI=1S/C12H11BrN2O3/c1-2-9(13)12(16)8-6-14-11-7(8)4-3-5-10(11)15(17)18/h3-6,9,14H,2H2,1H3. The molecule has 0 aliphatic heterocycles. The molecule has 0 radical (unpaired) electrons. The van der Waals surface area contributed by atoms with Gasteiger partial charge in [0.2, 0.25) is 0 Å². The van der Waals surface area contributed by atoms with E-state index < -0.39 is 4.92 Å². The molecule has 1 heterocycles. The first kappa shape index (κ1) is 12.8. The summed E-state index contributed by atoms with van der Waals surface area (Å²) in [5.41, 5.74) is 0.855. The molecule has 6 heteroatoms. The number of aromatic nitrogens is 1. The number of nitro benzene ring substituents is 1. The molecule has 1 unspecified atom stereocenters. The van der Waals surface area contributed by atoms with E-state index in [1.165, 1.54) is 12.3 Å². The molecule has 1 aromatic carbocycles. The summed E-state index contributed by atoms with van der Waals surface area (Å²) in [6.07, 6.45) is 2.20. The average Bonchev–Trinajstić information content (AvgIpc) is 2.80. The molecule has 0 saturated heterocycles. The number of fused-ring (bicyclic) bond motifs is 1. The van der Waals surface area contributed by atoms with Crippen LogP contribution in [0.3, 0.4) is 0 Å². The lowest BCUT2D eigenvalue weighted by Crippen LogP contribution is -2.12. The highest BCUT2D eigenvalue weighted by atomic mass is 79.9. The summed E-state index contributed by atoms with van der Waals surface area (Å²) in [6, 6.07) is 4.71. The van der Waals surface area contributed by atoms with Gasteiger partial charge in [0, 0.05) is 23.2 Å². The first-order valence-corrected chi connectivity index (χ1v) is 6.40. The van der Waals surface area contributed by atoms with Crippen molar-refractivity contribution in [2.45, 2.75) is 18.2 Å². The number of para-hydroxylation sites is 1. The van der Waals surface area contributed by atoms with Gasteiger partial charge in [-0.25, -0.2) is 0 Å². The number of Topliss-reactive ketones (excluding diaryl/α,β-unsaturated/α-hetero) is 1. The van der Waals surface area contributed by atoms with Crippen molar-refractivity contribution in [1.82, 2.24) is 4.98 Å². The quantitative estimate of drug-likeness (QED) is 0.407. The largest absolute Gasteiger partial charge is 0.355 e. The van der Waals surface area contributed by atoms with Crippen LogP contribution in [-0.2, 0) is 0 Å². The molecular formula is C12H11BrN2O3. The summed E-state index contributed by atoms with van der Waals surface area (Å²) in [5.74, 6) is -0.0655. The third kappa shape index (κ3) is 2.03. The van der Waals surface area contributed by atoms with Crippen molar-refractivity contribution in [3.63, 3.8) is 0 Å². The minimum Gasteiger partial charge on any atom is -0.355 e. The number of nitrogens with one attached hydrogen (secondary N) is 1. The highest BCUT2D eigenvalue weighted by Crippen LogP contribution is 2.28. The number of hydrogen-bond acceptors (Lipinski definition) is 3. The van der Waals surface area contributed by atoms with E-state index in [2.05, 4.69) is 20.9 Å². The number of ketones is 1. The Balaban J connectivity index is 2.59. The summed E-state index contributed by atoms with van der Waals surface area (Å²) in [5, 5.41) is 11.5. The van der Waals surface area contributed by atoms with Crippen LogP contribution in [0.1, 0.15) is 23.7 Å². The van der Waals surface area contributed by atoms with Gasteiger partial charge < -0.3 is 4.98 Å². The molecule has 2 aromatic rings. The maximum absolute atomic E-state index is 12.1. The molecule has 0 aliphatic rings. The molecular weight excluding hydrogens is 300 g/mol. The number of H-pyrrole nitrogens is 1. The van der Waals surface area contributed by atoms with Gasteiger partial charge in [0.15, 0.2) is 5.78 Å². The highest BCUT2D eigenvalue weighted by Gasteiger charge is 2.21. The Morgan fingerprint density at radius 2 is 2.28 bits per heavy atom. The van der Waals surface area contributed by atoms with E-state index in [4.69, 9.17) is 0 Å². The number of aromatic amines is 1. The van der Waals surface area contributed by atoms with Gasteiger partial charge in [0.25, 0.3) is 5.69 Å². The molecule has 1 N–H and O–H groups in total. The maximum atomic E-state index is 12.1. The third-order valence-electron chi connectivity index (χ3n) is 2.80. The van der Waals surface area contributed by atoms with E-state index in [9.17, 15) is 14.9 Å². The lowest BCUT2D eigenvalue weighted by Gasteiger charge is -2.03. The Labute approximate surface area is 111 Å². The number of nitrogens with zero attached hydrogens (tertiary/aromatic N) is 1. The van der Waals surface area contributed by atoms with Crippen molar-refractivity contribution < 1.29 is 9.72 Å². The first-order chi connectivity index (χ1) is 8.56. The molecule has 0 amide bonds. The highest BCUT2D eigenvalue weighted by molar-refractivity contribution is 9.10. The Hall–Kier alpha value is -1.69. The molecule has 0 bridgehead atoms. The van der Waals surface area contributed by atoms with Gasteiger partial charge in [-0.15, -0.1) is 0 Å². The zero-order valence-electron chi connectivity index (χ0n) is 9.64. The van der Waals surface area contributed by atoms with Crippen LogP contribution in [0, 0.1) is 10.1 Å². The second kappa shape index (κ2) is 4.89. The van der Waals surface area contributed by atoms with E-state index in [1.807, 2.05) is 6.92 Å². The fourth-order valence-electron chi connectivity index (χ4n) is 1.85. The maximum Gasteiger partial charge on any atom is 0.293 e. The first-order valence-electron chi connectivity index (χ1n) is 5.49. The number of hydrogen-bond donors (Lipinski definition) is 1. The van der Waals surface area contributed by atoms with Gasteiger partial charge in [-0.3, -0.25) is 14.9 Å². The normalized spacial score (nSPS) is 12.6. The molecule has 0 aliphatic carbocycles. The van der Waals surface area contributed by atoms with Gasteiger partial charge in [-0.2, -0.15) is 0 Å². The predicted octanol–water partition coefficient (Wildman–Crippen LogP) is 3.43. The molecule has 2 rings (SSSR count). The van der Waals surface area contributed by atoms with Gasteiger partial charge in [0.1, 0.15) is 5.52 Å². The Bertz CT molecular complexity index is 621. The predicted molar refractivity (Wildman–Crippen MR) is 72.3 cm³/mol. The summed E-state index contributed by atoms with van der Waals surface area (Å²) >= 11 is 3.30. The van der Waals surface area contributed by atoms with E-state index in [-0.39, 0.29) is 16.3 Å². The Kier molecular flexibility index (Phi) is 3.47. The van der Waals surface area contributed by atoms with Crippen molar-refractivity contribution in [1.29, 1.82) is 0 Å². The summed E-state index contributed by atoms with van der Waals surface area (Å²) < 4.78 is 0. The van der Waals surface area contributed by atoms with Gasteiger partial charge in [-0.1, -0.05) is 35.0 Å². The second-order valence-corrected chi connectivity index (χ2v) is 5.00. The molecule has 0 fully saturated rings. The van der Waals surface area contributed by atoms with Crippen molar-refractivity contribution in [2.24, 2.45) is 0 Å². The lowest BCUT2D eigenvalue weighted by atomic mass is 10.1. The molecule has 0 spiro atoms. The number of non-ortho nitro benzene ring substituents is 1. The van der Waals surface area contributed by atoms with Gasteiger partial charge >= 0.3 is 0 Å². The van der Waals surface area contributed by atoms with Crippen LogP contribution >= 0.6 is 15.9 Å². The average molecular weight is 311 g/mol. The van der Waals surface area contributed by atoms with Crippen molar-refractivity contribution in [3.8, 4) is 0 Å². The Morgan fingerprint density at radius 1 is 1.56 bits per heavy atom. The third-order valence-corrected chi connectivity index (χ3v) is 3.86. The van der Waals surface area contributed by atoms with Crippen LogP contribution in [0.2, 0.25) is 0 Å². The minimum absolute atomic E-state index is 0.0193. The van der Waals surface area contributed by atoms with Gasteiger partial charge in [0.05, 0.1) is 9.75 Å². The fourth-order valence-corrected chi connectivity index (χ4v) is 2.10. The van der Waals surface area contributed by atoms with Crippen LogP contribution in [0.15, 0.2) is 24.4 Å². The topological polar surface area (TPSA) is 76.0 Å². The number of rotatable bonds is 4. The van der Waals surface area contributed by atoms with Gasteiger partial charge in [-0.05, 0) is 6.42 Å². The zero-order chi connectivity index (χ0) is 13.3. The van der Waals surface area contributed by atoms with E-state index in [1.54, 1.807) is 12.1 Å². The summed E-state index contributed by atoms with van der Waals surface area (Å²) in [7, 11) is 0. The van der Waals surface area contributed by atoms with E-state index in [0.29, 0.717) is 22.9 Å². The molecule has 18 heavy (non-hydrogen) atoms. The van der Waals surface area contributed by atoms with Crippen LogP contribution in [0.4, 0.5) is 5.69 Å². The number of nitro groups is 1. The monoisotopic (exact) mass is 310 g/mol. The van der Waals surface area contributed by atoms with Crippen LogP contribution in [-0.4, -0.2) is 20.5 Å². The Morgan fingerprint density at radius 3 is 2.89 bits per heavy atom. The smallest absolute Gasteiger partial charge is 0.293 e. The molecule has 5 nitrogen and oxygen atoms in total.